The van der Waals surface area contributed by atoms with Gasteiger partial charge in [-0.3, -0.25) is 19.7 Å². The van der Waals surface area contributed by atoms with Crippen LogP contribution in [0.4, 0.5) is 11.4 Å². The van der Waals surface area contributed by atoms with E-state index in [0.717, 1.165) is 0 Å². The van der Waals surface area contributed by atoms with Crippen LogP contribution in [0.25, 0.3) is 0 Å². The number of hydrogen-bond acceptors (Lipinski definition) is 4. The highest BCUT2D eigenvalue weighted by atomic mass is 16.6. The van der Waals surface area contributed by atoms with E-state index in [0.29, 0.717) is 29.9 Å². The Morgan fingerprint density at radius 2 is 1.69 bits per heavy atom. The van der Waals surface area contributed by atoms with Crippen molar-refractivity contribution in [2.45, 2.75) is 20.8 Å². The predicted molar refractivity (Wildman–Crippen MR) is 99.5 cm³/mol. The van der Waals surface area contributed by atoms with E-state index in [1.807, 2.05) is 13.8 Å². The Balaban J connectivity index is 2.17. The van der Waals surface area contributed by atoms with E-state index in [1.165, 1.54) is 18.2 Å². The smallest absolute Gasteiger partial charge is 0.273 e. The van der Waals surface area contributed by atoms with Gasteiger partial charge in [0.25, 0.3) is 17.5 Å². The molecule has 0 bridgehead atoms. The van der Waals surface area contributed by atoms with Crippen LogP contribution < -0.4 is 5.32 Å². The summed E-state index contributed by atoms with van der Waals surface area (Å²) in [6.45, 7) is 6.62. The molecule has 0 atom stereocenters. The molecule has 0 saturated carbocycles. The van der Waals surface area contributed by atoms with Crippen LogP contribution in [0.1, 0.15) is 40.1 Å². The first-order chi connectivity index (χ1) is 12.4. The van der Waals surface area contributed by atoms with Gasteiger partial charge in [0.2, 0.25) is 0 Å². The summed E-state index contributed by atoms with van der Waals surface area (Å²) in [7, 11) is 0. The minimum Gasteiger partial charge on any atom is -0.339 e. The van der Waals surface area contributed by atoms with E-state index in [2.05, 4.69) is 5.32 Å². The van der Waals surface area contributed by atoms with Crippen LogP contribution in [-0.2, 0) is 0 Å². The maximum atomic E-state index is 12.4. The van der Waals surface area contributed by atoms with E-state index in [4.69, 9.17) is 0 Å². The van der Waals surface area contributed by atoms with E-state index in [9.17, 15) is 19.7 Å². The Hall–Kier alpha value is -3.22. The summed E-state index contributed by atoms with van der Waals surface area (Å²) in [4.78, 5) is 36.9. The first kappa shape index (κ1) is 19.1. The standard InChI is InChI=1S/C19H21N3O4/c1-4-21(5-2)19(24)14-9-11-15(12-10-14)20-18(23)16-7-6-8-17(13(16)3)22(25)26/h6-12H,4-5H2,1-3H3,(H,20,23). The Morgan fingerprint density at radius 1 is 1.08 bits per heavy atom. The number of rotatable bonds is 6. The Kier molecular flexibility index (Phi) is 6.06. The molecule has 26 heavy (non-hydrogen) atoms. The van der Waals surface area contributed by atoms with Gasteiger partial charge in [-0.05, 0) is 51.1 Å². The third-order valence-corrected chi connectivity index (χ3v) is 4.19. The van der Waals surface area contributed by atoms with Gasteiger partial charge < -0.3 is 10.2 Å². The molecule has 7 nitrogen and oxygen atoms in total. The maximum absolute atomic E-state index is 12.4. The quantitative estimate of drug-likeness (QED) is 0.632. The number of anilines is 1. The highest BCUT2D eigenvalue weighted by Gasteiger charge is 2.18. The van der Waals surface area contributed by atoms with Crippen molar-refractivity contribution in [1.82, 2.24) is 4.90 Å². The molecule has 0 aromatic heterocycles. The largest absolute Gasteiger partial charge is 0.339 e. The summed E-state index contributed by atoms with van der Waals surface area (Å²) in [5.41, 5.74) is 1.50. The van der Waals surface area contributed by atoms with Crippen molar-refractivity contribution in [2.24, 2.45) is 0 Å². The lowest BCUT2D eigenvalue weighted by Crippen LogP contribution is -2.30. The van der Waals surface area contributed by atoms with Gasteiger partial charge in [-0.15, -0.1) is 0 Å². The minimum absolute atomic E-state index is 0.0672. The van der Waals surface area contributed by atoms with Crippen LogP contribution in [0.15, 0.2) is 42.5 Å². The molecule has 7 heteroatoms. The molecule has 0 aliphatic carbocycles. The molecule has 2 amide bonds. The molecular formula is C19H21N3O4. The third kappa shape index (κ3) is 4.05. The second-order valence-electron chi connectivity index (χ2n) is 5.72. The lowest BCUT2D eigenvalue weighted by Gasteiger charge is -2.18. The molecule has 0 unspecified atom stereocenters. The van der Waals surface area contributed by atoms with Crippen molar-refractivity contribution in [3.8, 4) is 0 Å². The van der Waals surface area contributed by atoms with Crippen LogP contribution >= 0.6 is 0 Å². The molecule has 0 radical (unpaired) electrons. The molecule has 0 saturated heterocycles. The predicted octanol–water partition coefficient (Wildman–Crippen LogP) is 3.64. The molecule has 0 spiro atoms. The zero-order valence-electron chi connectivity index (χ0n) is 15.0. The second kappa shape index (κ2) is 8.24. The molecule has 0 fully saturated rings. The molecule has 2 aromatic carbocycles. The number of nitro benzene ring substituents is 1. The summed E-state index contributed by atoms with van der Waals surface area (Å²) in [6, 6.07) is 11.0. The van der Waals surface area contributed by atoms with Gasteiger partial charge in [-0.25, -0.2) is 0 Å². The van der Waals surface area contributed by atoms with Crippen molar-refractivity contribution >= 4 is 23.2 Å². The van der Waals surface area contributed by atoms with Crippen molar-refractivity contribution in [2.75, 3.05) is 18.4 Å². The lowest BCUT2D eigenvalue weighted by molar-refractivity contribution is -0.385. The Bertz CT molecular complexity index is 827. The summed E-state index contributed by atoms with van der Waals surface area (Å²) >= 11 is 0. The molecular weight excluding hydrogens is 334 g/mol. The normalized spacial score (nSPS) is 10.3. The van der Waals surface area contributed by atoms with E-state index in [1.54, 1.807) is 36.1 Å². The topological polar surface area (TPSA) is 92.6 Å². The van der Waals surface area contributed by atoms with Gasteiger partial charge in [-0.2, -0.15) is 0 Å². The molecule has 2 aromatic rings. The van der Waals surface area contributed by atoms with E-state index in [-0.39, 0.29) is 17.2 Å². The number of benzene rings is 2. The van der Waals surface area contributed by atoms with Crippen molar-refractivity contribution < 1.29 is 14.5 Å². The van der Waals surface area contributed by atoms with Gasteiger partial charge in [-0.1, -0.05) is 6.07 Å². The monoisotopic (exact) mass is 355 g/mol. The summed E-state index contributed by atoms with van der Waals surface area (Å²) < 4.78 is 0. The summed E-state index contributed by atoms with van der Waals surface area (Å²) in [5.74, 6) is -0.503. The number of nitro groups is 1. The number of carbonyl (C=O) groups is 2. The van der Waals surface area contributed by atoms with Crippen molar-refractivity contribution in [3.63, 3.8) is 0 Å². The Morgan fingerprint density at radius 3 is 2.23 bits per heavy atom. The molecule has 136 valence electrons. The first-order valence-corrected chi connectivity index (χ1v) is 8.33. The highest BCUT2D eigenvalue weighted by molar-refractivity contribution is 6.06. The maximum Gasteiger partial charge on any atom is 0.273 e. The van der Waals surface area contributed by atoms with Crippen LogP contribution in [0.5, 0.6) is 0 Å². The van der Waals surface area contributed by atoms with Gasteiger partial charge in [0.1, 0.15) is 0 Å². The number of amides is 2. The van der Waals surface area contributed by atoms with E-state index >= 15 is 0 Å². The fourth-order valence-corrected chi connectivity index (χ4v) is 2.66. The molecule has 0 aliphatic heterocycles. The van der Waals surface area contributed by atoms with Crippen molar-refractivity contribution in [3.05, 3.63) is 69.3 Å². The van der Waals surface area contributed by atoms with Gasteiger partial charge in [0.05, 0.1) is 4.92 Å². The van der Waals surface area contributed by atoms with Crippen LogP contribution in [-0.4, -0.2) is 34.7 Å². The number of carbonyl (C=O) groups excluding carboxylic acids is 2. The van der Waals surface area contributed by atoms with E-state index < -0.39 is 10.8 Å². The average molecular weight is 355 g/mol. The van der Waals surface area contributed by atoms with Crippen LogP contribution in [0, 0.1) is 17.0 Å². The number of hydrogen-bond donors (Lipinski definition) is 1. The second-order valence-corrected chi connectivity index (χ2v) is 5.72. The fourth-order valence-electron chi connectivity index (χ4n) is 2.66. The molecule has 0 heterocycles. The number of nitrogens with one attached hydrogen (secondary N) is 1. The number of nitrogens with zero attached hydrogens (tertiary/aromatic N) is 2. The van der Waals surface area contributed by atoms with Gasteiger partial charge in [0, 0.05) is 41.5 Å². The molecule has 2 rings (SSSR count). The first-order valence-electron chi connectivity index (χ1n) is 8.33. The SMILES string of the molecule is CCN(CC)C(=O)c1ccc(NC(=O)c2cccc([N+](=O)[O-])c2C)cc1. The van der Waals surface area contributed by atoms with Crippen LogP contribution in [0.2, 0.25) is 0 Å². The minimum atomic E-state index is -0.514. The highest BCUT2D eigenvalue weighted by Crippen LogP contribution is 2.22. The van der Waals surface area contributed by atoms with Crippen LogP contribution in [0.3, 0.4) is 0 Å². The van der Waals surface area contributed by atoms with Gasteiger partial charge >= 0.3 is 0 Å². The Labute approximate surface area is 151 Å². The summed E-state index contributed by atoms with van der Waals surface area (Å²) in [6.07, 6.45) is 0. The zero-order chi connectivity index (χ0) is 19.3. The third-order valence-electron chi connectivity index (χ3n) is 4.19. The molecule has 1 N–H and O–H groups in total. The fraction of sp³-hybridized carbons (Fsp3) is 0.263. The molecule has 0 aliphatic rings. The summed E-state index contributed by atoms with van der Waals surface area (Å²) in [5, 5.41) is 13.7. The van der Waals surface area contributed by atoms with Crippen molar-refractivity contribution in [1.29, 1.82) is 0 Å². The average Bonchev–Trinajstić information content (AvgIpc) is 2.63. The zero-order valence-corrected chi connectivity index (χ0v) is 15.0. The lowest BCUT2D eigenvalue weighted by atomic mass is 10.1. The van der Waals surface area contributed by atoms with Gasteiger partial charge in [0.15, 0.2) is 0 Å².